The van der Waals surface area contributed by atoms with E-state index in [0.717, 1.165) is 33.4 Å². The Bertz CT molecular complexity index is 1180. The maximum atomic E-state index is 6.02. The summed E-state index contributed by atoms with van der Waals surface area (Å²) < 4.78 is 16.4. The van der Waals surface area contributed by atoms with Crippen molar-refractivity contribution in [3.8, 4) is 39.8 Å². The molecule has 0 aliphatic carbocycles. The van der Waals surface area contributed by atoms with Gasteiger partial charge in [-0.25, -0.2) is 4.98 Å². The highest BCUT2D eigenvalue weighted by Gasteiger charge is 2.19. The first kappa shape index (κ1) is 18.6. The first-order chi connectivity index (χ1) is 14.0. The molecule has 0 radical (unpaired) electrons. The molecule has 0 atom stereocenters. The van der Waals surface area contributed by atoms with Gasteiger partial charge in [0, 0.05) is 22.2 Å². The number of hydrogen-bond donors (Lipinski definition) is 2. The molecule has 2 aromatic heterocycles. The van der Waals surface area contributed by atoms with E-state index in [-0.39, 0.29) is 0 Å². The van der Waals surface area contributed by atoms with Crippen molar-refractivity contribution in [2.24, 2.45) is 0 Å². The van der Waals surface area contributed by atoms with E-state index >= 15 is 0 Å². The van der Waals surface area contributed by atoms with Gasteiger partial charge in [0.1, 0.15) is 0 Å². The number of hydrogen-bond acceptors (Lipinski definition) is 6. The first-order valence-electron chi connectivity index (χ1n) is 9.07. The molecule has 7 heteroatoms. The summed E-state index contributed by atoms with van der Waals surface area (Å²) >= 11 is 0. The van der Waals surface area contributed by atoms with E-state index in [0.29, 0.717) is 28.9 Å². The van der Waals surface area contributed by atoms with E-state index in [1.807, 2.05) is 37.3 Å². The molecule has 0 fully saturated rings. The highest BCUT2D eigenvalue weighted by molar-refractivity contribution is 5.88. The largest absolute Gasteiger partial charge is 0.493 e. The van der Waals surface area contributed by atoms with Crippen LogP contribution in [0.2, 0.25) is 0 Å². The number of imidazole rings is 1. The molecule has 0 spiro atoms. The number of rotatable bonds is 5. The van der Waals surface area contributed by atoms with Crippen molar-refractivity contribution >= 4 is 16.9 Å². The second kappa shape index (κ2) is 7.35. The predicted octanol–water partition coefficient (Wildman–Crippen LogP) is 4.21. The Balaban J connectivity index is 1.89. The van der Waals surface area contributed by atoms with Crippen LogP contribution in [0.3, 0.4) is 0 Å². The van der Waals surface area contributed by atoms with Crippen molar-refractivity contribution in [2.75, 3.05) is 27.1 Å². The number of anilines is 1. The van der Waals surface area contributed by atoms with E-state index in [1.165, 1.54) is 0 Å². The Morgan fingerprint density at radius 2 is 1.55 bits per heavy atom. The van der Waals surface area contributed by atoms with Gasteiger partial charge in [0.25, 0.3) is 0 Å². The van der Waals surface area contributed by atoms with E-state index in [1.54, 1.807) is 21.3 Å². The lowest BCUT2D eigenvalue weighted by Gasteiger charge is -2.14. The molecule has 3 N–H and O–H groups in total. The highest BCUT2D eigenvalue weighted by Crippen LogP contribution is 2.43. The van der Waals surface area contributed by atoms with Gasteiger partial charge >= 0.3 is 0 Å². The second-order valence-electron chi connectivity index (χ2n) is 6.62. The number of nitrogen functional groups attached to an aromatic ring is 1. The minimum Gasteiger partial charge on any atom is -0.493 e. The lowest BCUT2D eigenvalue weighted by atomic mass is 10.0. The fourth-order valence-electron chi connectivity index (χ4n) is 3.41. The van der Waals surface area contributed by atoms with Gasteiger partial charge in [0.15, 0.2) is 17.4 Å². The van der Waals surface area contributed by atoms with Crippen LogP contribution in [0.4, 0.5) is 5.95 Å². The Labute approximate surface area is 168 Å². The van der Waals surface area contributed by atoms with Gasteiger partial charge in [-0.15, -0.1) is 0 Å². The topological polar surface area (TPSA) is 95.3 Å². The minimum atomic E-state index is 0.325. The smallest absolute Gasteiger partial charge is 0.203 e. The van der Waals surface area contributed by atoms with E-state index < -0.39 is 0 Å². The number of aromatic nitrogens is 3. The van der Waals surface area contributed by atoms with Crippen LogP contribution in [0, 0.1) is 6.92 Å². The molecule has 4 aromatic rings. The zero-order valence-corrected chi connectivity index (χ0v) is 16.7. The van der Waals surface area contributed by atoms with Gasteiger partial charge in [0.05, 0.1) is 38.2 Å². The van der Waals surface area contributed by atoms with Crippen LogP contribution in [0.1, 0.15) is 5.69 Å². The third kappa shape index (κ3) is 3.31. The Kier molecular flexibility index (Phi) is 4.72. The number of nitrogens with zero attached hydrogens (tertiary/aromatic N) is 2. The molecule has 0 aliphatic rings. The van der Waals surface area contributed by atoms with Crippen molar-refractivity contribution in [3.05, 3.63) is 48.2 Å². The minimum absolute atomic E-state index is 0.325. The van der Waals surface area contributed by atoms with Crippen molar-refractivity contribution in [1.29, 1.82) is 0 Å². The molecular weight excluding hydrogens is 368 g/mol. The molecule has 0 bridgehead atoms. The standard InChI is InChI=1S/C22H22N4O3/c1-12-5-6-13-9-14(7-8-16(13)24-12)19-20(26-22(23)25-19)15-10-17(27-2)21(29-4)18(11-15)28-3/h5-11H,1-4H3,(H3,23,25,26). The summed E-state index contributed by atoms with van der Waals surface area (Å²) in [5, 5.41) is 1.04. The van der Waals surface area contributed by atoms with Crippen molar-refractivity contribution in [2.45, 2.75) is 6.92 Å². The van der Waals surface area contributed by atoms with Gasteiger partial charge in [-0.05, 0) is 37.3 Å². The number of aromatic amines is 1. The maximum Gasteiger partial charge on any atom is 0.203 e. The quantitative estimate of drug-likeness (QED) is 0.530. The number of fused-ring (bicyclic) bond motifs is 1. The molecule has 29 heavy (non-hydrogen) atoms. The van der Waals surface area contributed by atoms with Crippen LogP contribution in [0.5, 0.6) is 17.2 Å². The zero-order chi connectivity index (χ0) is 20.5. The molecule has 0 unspecified atom stereocenters. The SMILES string of the molecule is COc1cc(-c2nc(N)[nH]c2-c2ccc3nc(C)ccc3c2)cc(OC)c1OC. The fourth-order valence-corrected chi connectivity index (χ4v) is 3.41. The predicted molar refractivity (Wildman–Crippen MR) is 114 cm³/mol. The summed E-state index contributed by atoms with van der Waals surface area (Å²) in [6.07, 6.45) is 0. The third-order valence-electron chi connectivity index (χ3n) is 4.78. The summed E-state index contributed by atoms with van der Waals surface area (Å²) in [6, 6.07) is 13.8. The van der Waals surface area contributed by atoms with Crippen LogP contribution in [-0.2, 0) is 0 Å². The average molecular weight is 390 g/mol. The summed E-state index contributed by atoms with van der Waals surface area (Å²) in [5.74, 6) is 1.95. The Hall–Kier alpha value is -3.74. The third-order valence-corrected chi connectivity index (χ3v) is 4.78. The summed E-state index contributed by atoms with van der Waals surface area (Å²) in [6.45, 7) is 1.98. The molecule has 4 rings (SSSR count). The van der Waals surface area contributed by atoms with E-state index in [4.69, 9.17) is 19.9 Å². The summed E-state index contributed by atoms with van der Waals surface area (Å²) in [7, 11) is 4.74. The number of benzene rings is 2. The maximum absolute atomic E-state index is 6.02. The Morgan fingerprint density at radius 1 is 0.828 bits per heavy atom. The monoisotopic (exact) mass is 390 g/mol. The lowest BCUT2D eigenvalue weighted by Crippen LogP contribution is -1.96. The molecule has 0 saturated carbocycles. The van der Waals surface area contributed by atoms with Gasteiger partial charge in [-0.2, -0.15) is 0 Å². The van der Waals surface area contributed by atoms with E-state index in [9.17, 15) is 0 Å². The van der Waals surface area contributed by atoms with E-state index in [2.05, 4.69) is 27.1 Å². The lowest BCUT2D eigenvalue weighted by molar-refractivity contribution is 0.324. The molecule has 2 aromatic carbocycles. The number of nitrogens with two attached hydrogens (primary N) is 1. The number of ether oxygens (including phenoxy) is 3. The fraction of sp³-hybridized carbons (Fsp3) is 0.182. The molecule has 7 nitrogen and oxygen atoms in total. The number of pyridine rings is 1. The van der Waals surface area contributed by atoms with Crippen molar-refractivity contribution < 1.29 is 14.2 Å². The van der Waals surface area contributed by atoms with Crippen LogP contribution < -0.4 is 19.9 Å². The summed E-state index contributed by atoms with van der Waals surface area (Å²) in [4.78, 5) is 12.2. The Morgan fingerprint density at radius 3 is 2.21 bits per heavy atom. The number of aryl methyl sites for hydroxylation is 1. The van der Waals surface area contributed by atoms with Crippen LogP contribution in [-0.4, -0.2) is 36.3 Å². The highest BCUT2D eigenvalue weighted by atomic mass is 16.5. The van der Waals surface area contributed by atoms with Gasteiger partial charge < -0.3 is 24.9 Å². The second-order valence-corrected chi connectivity index (χ2v) is 6.62. The van der Waals surface area contributed by atoms with Crippen LogP contribution in [0.25, 0.3) is 33.4 Å². The number of nitrogens with one attached hydrogen (secondary N) is 1. The molecule has 2 heterocycles. The molecular formula is C22H22N4O3. The normalized spacial score (nSPS) is 10.9. The van der Waals surface area contributed by atoms with Gasteiger partial charge in [0.2, 0.25) is 5.75 Å². The van der Waals surface area contributed by atoms with Crippen LogP contribution >= 0.6 is 0 Å². The molecule has 148 valence electrons. The average Bonchev–Trinajstić information content (AvgIpc) is 3.13. The molecule has 0 amide bonds. The zero-order valence-electron chi connectivity index (χ0n) is 16.7. The van der Waals surface area contributed by atoms with Gasteiger partial charge in [-0.1, -0.05) is 12.1 Å². The number of methoxy groups -OCH3 is 3. The van der Waals surface area contributed by atoms with Crippen molar-refractivity contribution in [1.82, 2.24) is 15.0 Å². The first-order valence-corrected chi connectivity index (χ1v) is 9.07. The molecule has 0 aliphatic heterocycles. The van der Waals surface area contributed by atoms with Crippen LogP contribution in [0.15, 0.2) is 42.5 Å². The summed E-state index contributed by atoms with van der Waals surface area (Å²) in [5.41, 5.74) is 11.2. The molecule has 0 saturated heterocycles. The number of H-pyrrole nitrogens is 1. The van der Waals surface area contributed by atoms with Gasteiger partial charge in [-0.3, -0.25) is 4.98 Å². The van der Waals surface area contributed by atoms with Crippen molar-refractivity contribution in [3.63, 3.8) is 0 Å².